The molecule has 1 heterocycles. The van der Waals surface area contributed by atoms with Gasteiger partial charge in [0.05, 0.1) is 0 Å². The zero-order chi connectivity index (χ0) is 17.0. The van der Waals surface area contributed by atoms with Gasteiger partial charge in [-0.3, -0.25) is 0 Å². The molecular weight excluding hydrogens is 306 g/mol. The number of piperidine rings is 1. The Morgan fingerprint density at radius 1 is 1.39 bits per heavy atom. The van der Waals surface area contributed by atoms with Crippen molar-refractivity contribution >= 4 is 17.9 Å². The summed E-state index contributed by atoms with van der Waals surface area (Å²) in [5.41, 5.74) is 0.868. The lowest BCUT2D eigenvalue weighted by atomic mass is 9.95. The molecule has 1 aliphatic rings. The molecule has 0 aromatic heterocycles. The third-order valence-corrected chi connectivity index (χ3v) is 5.37. The molecule has 3 nitrogen and oxygen atoms in total. The van der Waals surface area contributed by atoms with Gasteiger partial charge >= 0.3 is 6.09 Å². The molecule has 1 amide bonds. The van der Waals surface area contributed by atoms with E-state index >= 15 is 0 Å². The van der Waals surface area contributed by atoms with Gasteiger partial charge in [0.1, 0.15) is 5.60 Å². The maximum atomic E-state index is 12.3. The van der Waals surface area contributed by atoms with Crippen LogP contribution < -0.4 is 0 Å². The molecule has 0 spiro atoms. The van der Waals surface area contributed by atoms with E-state index in [0.29, 0.717) is 11.2 Å². The van der Waals surface area contributed by atoms with Gasteiger partial charge in [-0.2, -0.15) is 0 Å². The summed E-state index contributed by atoms with van der Waals surface area (Å²) in [6, 6.07) is 8.64. The molecule has 0 bridgehead atoms. The van der Waals surface area contributed by atoms with E-state index < -0.39 is 5.60 Å². The second-order valence-corrected chi connectivity index (χ2v) is 8.92. The first-order valence-corrected chi connectivity index (χ1v) is 9.34. The Balaban J connectivity index is 1.93. The molecule has 2 rings (SSSR count). The fourth-order valence-electron chi connectivity index (χ4n) is 2.88. The standard InChI is InChI=1S/C19H29NO2S/c1-14-8-6-10-17(12-14)23-15(2)16-9-7-11-20(13-16)18(21)22-19(3,4)5/h6,8,10,12,15-16H,7,9,11,13H2,1-5H3. The van der Waals surface area contributed by atoms with Gasteiger partial charge in [0.15, 0.2) is 0 Å². The van der Waals surface area contributed by atoms with Crippen LogP contribution in [0, 0.1) is 12.8 Å². The van der Waals surface area contributed by atoms with E-state index in [1.165, 1.54) is 16.9 Å². The average molecular weight is 336 g/mol. The van der Waals surface area contributed by atoms with Crippen LogP contribution in [0.15, 0.2) is 29.2 Å². The van der Waals surface area contributed by atoms with Crippen molar-refractivity contribution in [3.8, 4) is 0 Å². The lowest BCUT2D eigenvalue weighted by Crippen LogP contribution is -2.44. The Bertz CT molecular complexity index is 538. The third-order valence-electron chi connectivity index (χ3n) is 4.08. The molecule has 0 aliphatic carbocycles. The Hall–Kier alpha value is -1.16. The lowest BCUT2D eigenvalue weighted by molar-refractivity contribution is 0.0167. The summed E-state index contributed by atoms with van der Waals surface area (Å²) in [5.74, 6) is 0.516. The molecule has 2 unspecified atom stereocenters. The normalized spacial score (nSPS) is 20.2. The maximum Gasteiger partial charge on any atom is 0.410 e. The van der Waals surface area contributed by atoms with E-state index in [9.17, 15) is 4.79 Å². The monoisotopic (exact) mass is 335 g/mol. The largest absolute Gasteiger partial charge is 0.444 e. The molecule has 1 aromatic rings. The first-order valence-electron chi connectivity index (χ1n) is 8.46. The number of carbonyl (C=O) groups excluding carboxylic acids is 1. The maximum absolute atomic E-state index is 12.3. The quantitative estimate of drug-likeness (QED) is 0.718. The van der Waals surface area contributed by atoms with Gasteiger partial charge < -0.3 is 9.64 Å². The number of nitrogens with zero attached hydrogens (tertiary/aromatic N) is 1. The molecule has 1 saturated heterocycles. The van der Waals surface area contributed by atoms with Crippen molar-refractivity contribution < 1.29 is 9.53 Å². The number of hydrogen-bond acceptors (Lipinski definition) is 3. The first kappa shape index (κ1) is 18.2. The summed E-state index contributed by atoms with van der Waals surface area (Å²) in [7, 11) is 0. The van der Waals surface area contributed by atoms with Gasteiger partial charge in [0, 0.05) is 23.2 Å². The Morgan fingerprint density at radius 2 is 2.13 bits per heavy atom. The summed E-state index contributed by atoms with van der Waals surface area (Å²) in [4.78, 5) is 15.5. The molecule has 1 fully saturated rings. The van der Waals surface area contributed by atoms with Crippen molar-refractivity contribution in [1.29, 1.82) is 0 Å². The molecule has 1 aliphatic heterocycles. The summed E-state index contributed by atoms with van der Waals surface area (Å²) in [5, 5.41) is 0.488. The van der Waals surface area contributed by atoms with Crippen molar-refractivity contribution in [2.45, 2.75) is 63.2 Å². The molecule has 4 heteroatoms. The van der Waals surface area contributed by atoms with Crippen LogP contribution in [0.25, 0.3) is 0 Å². The van der Waals surface area contributed by atoms with Crippen LogP contribution in [-0.2, 0) is 4.74 Å². The molecule has 0 saturated carbocycles. The first-order chi connectivity index (χ1) is 10.7. The van der Waals surface area contributed by atoms with Crippen LogP contribution in [0.1, 0.15) is 46.1 Å². The zero-order valence-corrected chi connectivity index (χ0v) is 15.8. The smallest absolute Gasteiger partial charge is 0.410 e. The molecule has 1 aromatic carbocycles. The van der Waals surface area contributed by atoms with E-state index in [2.05, 4.69) is 38.1 Å². The minimum Gasteiger partial charge on any atom is -0.444 e. The number of amides is 1. The van der Waals surface area contributed by atoms with Crippen molar-refractivity contribution in [3.63, 3.8) is 0 Å². The van der Waals surface area contributed by atoms with E-state index in [4.69, 9.17) is 4.74 Å². The highest BCUT2D eigenvalue weighted by Crippen LogP contribution is 2.33. The van der Waals surface area contributed by atoms with Gasteiger partial charge in [0.25, 0.3) is 0 Å². The molecule has 0 radical (unpaired) electrons. The van der Waals surface area contributed by atoms with Gasteiger partial charge in [0.2, 0.25) is 0 Å². The van der Waals surface area contributed by atoms with Crippen LogP contribution in [0.2, 0.25) is 0 Å². The Kier molecular flexibility index (Phi) is 6.01. The van der Waals surface area contributed by atoms with Crippen molar-refractivity contribution in [1.82, 2.24) is 4.90 Å². The lowest BCUT2D eigenvalue weighted by Gasteiger charge is -2.36. The minimum absolute atomic E-state index is 0.171. The summed E-state index contributed by atoms with van der Waals surface area (Å²) >= 11 is 1.91. The number of ether oxygens (including phenoxy) is 1. The molecule has 128 valence electrons. The van der Waals surface area contributed by atoms with Crippen LogP contribution in [-0.4, -0.2) is 34.9 Å². The molecule has 0 N–H and O–H groups in total. The number of aryl methyl sites for hydroxylation is 1. The second-order valence-electron chi connectivity index (χ2n) is 7.47. The number of likely N-dealkylation sites (tertiary alicyclic amines) is 1. The number of hydrogen-bond donors (Lipinski definition) is 0. The summed E-state index contributed by atoms with van der Waals surface area (Å²) in [6.45, 7) is 11.8. The van der Waals surface area contributed by atoms with E-state index in [-0.39, 0.29) is 6.09 Å². The number of benzene rings is 1. The van der Waals surface area contributed by atoms with Gasteiger partial charge in [-0.15, -0.1) is 11.8 Å². The molecule has 23 heavy (non-hydrogen) atoms. The summed E-state index contributed by atoms with van der Waals surface area (Å²) in [6.07, 6.45) is 2.07. The van der Waals surface area contributed by atoms with Crippen LogP contribution in [0.3, 0.4) is 0 Å². The zero-order valence-electron chi connectivity index (χ0n) is 15.0. The van der Waals surface area contributed by atoms with E-state index in [1.54, 1.807) is 0 Å². The predicted molar refractivity (Wildman–Crippen MR) is 97.0 cm³/mol. The van der Waals surface area contributed by atoms with Crippen molar-refractivity contribution in [2.75, 3.05) is 13.1 Å². The minimum atomic E-state index is -0.425. The SMILES string of the molecule is Cc1cccc(SC(C)C2CCCN(C(=O)OC(C)(C)C)C2)c1. The highest BCUT2D eigenvalue weighted by atomic mass is 32.2. The predicted octanol–water partition coefficient (Wildman–Crippen LogP) is 5.12. The fourth-order valence-corrected chi connectivity index (χ4v) is 4.14. The van der Waals surface area contributed by atoms with Gasteiger partial charge in [-0.05, 0) is 58.6 Å². The van der Waals surface area contributed by atoms with Crippen LogP contribution >= 0.6 is 11.8 Å². The highest BCUT2D eigenvalue weighted by Gasteiger charge is 2.30. The van der Waals surface area contributed by atoms with Crippen LogP contribution in [0.5, 0.6) is 0 Å². The molecule has 2 atom stereocenters. The highest BCUT2D eigenvalue weighted by molar-refractivity contribution is 8.00. The Labute approximate surface area is 144 Å². The topological polar surface area (TPSA) is 29.5 Å². The molecular formula is C19H29NO2S. The summed E-state index contributed by atoms with van der Waals surface area (Å²) < 4.78 is 5.52. The Morgan fingerprint density at radius 3 is 2.78 bits per heavy atom. The van der Waals surface area contributed by atoms with E-state index in [1.807, 2.05) is 37.4 Å². The fraction of sp³-hybridized carbons (Fsp3) is 0.632. The number of rotatable bonds is 3. The van der Waals surface area contributed by atoms with Crippen LogP contribution in [0.4, 0.5) is 4.79 Å². The number of carbonyl (C=O) groups is 1. The number of thioether (sulfide) groups is 1. The van der Waals surface area contributed by atoms with E-state index in [0.717, 1.165) is 19.5 Å². The second kappa shape index (κ2) is 7.61. The van der Waals surface area contributed by atoms with Gasteiger partial charge in [-0.1, -0.05) is 24.6 Å². The van der Waals surface area contributed by atoms with Gasteiger partial charge in [-0.25, -0.2) is 4.79 Å². The third kappa shape index (κ3) is 5.76. The van der Waals surface area contributed by atoms with Crippen molar-refractivity contribution in [3.05, 3.63) is 29.8 Å². The van der Waals surface area contributed by atoms with Crippen molar-refractivity contribution in [2.24, 2.45) is 5.92 Å². The average Bonchev–Trinajstić information content (AvgIpc) is 2.45.